The fraction of sp³-hybridized carbons (Fsp3) is 0.479. The number of hydrogen-bond donors (Lipinski definition) is 0. The molecule has 0 aromatic heterocycles. The van der Waals surface area contributed by atoms with Crippen molar-refractivity contribution in [1.82, 2.24) is 0 Å². The van der Waals surface area contributed by atoms with E-state index in [0.717, 1.165) is 110 Å². The largest absolute Gasteiger partial charge is 0.489 e. The maximum absolute atomic E-state index is 13.4. The number of carbonyl (C=O) groups is 2. The standard InChI is InChI=1S/C73H89F6O10Si3/c1-8-9-10-17-28-64(86-65-29-20-18-26-62(65)56-35-39-58(40-36-56)67(80)84-60-43-31-54(32-44-60)51-82-49-24-15-11-13-22-47-72(74,75)76)53(2)69(3,4)70(5,6)71(7,91-89-92-88-90)87-66-30-21-19-27-63(66)57-37-41-59(42-38-57)68(81)85-61-45-33-55(34-46-61)52-83-50-25-16-12-14-23-48-73(77,78)79/h18-21,26-27,29-46,53,64H,8-17,22-25,28,47-52H2,1-7H3. The lowest BCUT2D eigenvalue weighted by Crippen LogP contribution is -2.61. The Bertz CT molecular complexity index is 3120. The van der Waals surface area contributed by atoms with Crippen molar-refractivity contribution in [3.63, 3.8) is 0 Å². The molecule has 0 saturated heterocycles. The molecule has 0 aliphatic heterocycles. The van der Waals surface area contributed by atoms with Gasteiger partial charge in [0, 0.05) is 42.6 Å². The smallest absolute Gasteiger partial charge is 0.409 e. The van der Waals surface area contributed by atoms with E-state index in [1.807, 2.05) is 97.1 Å². The number of carbonyl (C=O) groups excluding carboxylic acids is 2. The van der Waals surface area contributed by atoms with Gasteiger partial charge in [-0.25, -0.2) is 9.59 Å². The van der Waals surface area contributed by atoms with Gasteiger partial charge in [0.25, 0.3) is 9.76 Å². The molecule has 0 fully saturated rings. The normalized spacial score (nSPS) is 13.5. The summed E-state index contributed by atoms with van der Waals surface area (Å²) in [5.41, 5.74) is 4.88. The lowest BCUT2D eigenvalue weighted by Gasteiger charge is -2.56. The Morgan fingerprint density at radius 1 is 0.511 bits per heavy atom. The van der Waals surface area contributed by atoms with Gasteiger partial charge < -0.3 is 36.7 Å². The molecule has 0 spiro atoms. The number of esters is 2. The number of rotatable bonds is 41. The third kappa shape index (κ3) is 24.0. The molecule has 6 aromatic carbocycles. The van der Waals surface area contributed by atoms with Crippen molar-refractivity contribution in [3.8, 4) is 45.3 Å². The van der Waals surface area contributed by atoms with Gasteiger partial charge in [0.05, 0.1) is 24.3 Å². The number of alkyl halides is 6. The summed E-state index contributed by atoms with van der Waals surface area (Å²) in [4.78, 5) is 26.9. The molecule has 10 nitrogen and oxygen atoms in total. The van der Waals surface area contributed by atoms with Crippen LogP contribution < -0.4 is 18.9 Å². The minimum Gasteiger partial charge on any atom is -0.489 e. The van der Waals surface area contributed by atoms with Gasteiger partial charge in [-0.1, -0.05) is 184 Å². The molecule has 0 amide bonds. The summed E-state index contributed by atoms with van der Waals surface area (Å²) in [6.07, 6.45) is 1.23. The SMILES string of the molecule is CCCCCCC(Oc1ccccc1-c1ccc(C(=O)Oc2ccc(COCCCCCCCC(F)(F)F)cc2)cc1)C(C)C(C)(C)C(C)(C)C(C)(Oc1ccccc1-c1ccc(C(=O)Oc2ccc(COCCCCCCCC(F)(F)F)cc2)cc1)[Si]O[Si]O[Si]. The summed E-state index contributed by atoms with van der Waals surface area (Å²) >= 11 is 0. The Morgan fingerprint density at radius 3 is 1.39 bits per heavy atom. The van der Waals surface area contributed by atoms with Gasteiger partial charge in [-0.3, -0.25) is 0 Å². The average Bonchev–Trinajstić information content (AvgIpc) is 0.776. The Morgan fingerprint density at radius 2 is 0.935 bits per heavy atom. The van der Waals surface area contributed by atoms with Crippen molar-refractivity contribution in [2.45, 2.75) is 195 Å². The molecule has 3 unspecified atom stereocenters. The first-order valence-corrected chi connectivity index (χ1v) is 34.2. The highest BCUT2D eigenvalue weighted by Gasteiger charge is 2.57. The Hall–Kier alpha value is -6.07. The number of ether oxygens (including phenoxy) is 6. The van der Waals surface area contributed by atoms with Gasteiger partial charge in [-0.15, -0.1) is 0 Å². The summed E-state index contributed by atoms with van der Waals surface area (Å²) < 4.78 is 124. The van der Waals surface area contributed by atoms with Crippen LogP contribution in [0.4, 0.5) is 26.3 Å². The van der Waals surface area contributed by atoms with E-state index in [1.54, 1.807) is 48.5 Å². The van der Waals surface area contributed by atoms with Crippen molar-refractivity contribution in [3.05, 3.63) is 168 Å². The Labute approximate surface area is 549 Å². The third-order valence-electron chi connectivity index (χ3n) is 17.7. The van der Waals surface area contributed by atoms with E-state index in [4.69, 9.17) is 36.7 Å². The zero-order chi connectivity index (χ0) is 66.6. The van der Waals surface area contributed by atoms with Crippen LogP contribution in [0, 0.1) is 16.7 Å². The van der Waals surface area contributed by atoms with E-state index in [2.05, 4.69) is 59.0 Å². The van der Waals surface area contributed by atoms with Crippen LogP contribution in [0.15, 0.2) is 146 Å². The number of unbranched alkanes of at least 4 members (excludes halogenated alkanes) is 11. The van der Waals surface area contributed by atoms with Gasteiger partial charge in [-0.05, 0) is 140 Å². The van der Waals surface area contributed by atoms with Crippen molar-refractivity contribution < 1.29 is 72.6 Å². The van der Waals surface area contributed by atoms with Gasteiger partial charge in [0.1, 0.15) is 34.3 Å². The highest BCUT2D eigenvalue weighted by molar-refractivity contribution is 6.44. The van der Waals surface area contributed by atoms with Gasteiger partial charge >= 0.3 is 34.3 Å². The van der Waals surface area contributed by atoms with Crippen molar-refractivity contribution in [1.29, 1.82) is 0 Å². The van der Waals surface area contributed by atoms with Crippen LogP contribution in [-0.4, -0.2) is 79.1 Å². The molecule has 3 atom stereocenters. The molecule has 0 aliphatic rings. The van der Waals surface area contributed by atoms with Crippen LogP contribution in [0.25, 0.3) is 22.3 Å². The first kappa shape index (κ1) is 75.0. The van der Waals surface area contributed by atoms with E-state index >= 15 is 0 Å². The maximum atomic E-state index is 13.4. The quantitative estimate of drug-likeness (QED) is 0.0121. The van der Waals surface area contributed by atoms with Crippen LogP contribution in [-0.2, 0) is 30.9 Å². The minimum absolute atomic E-state index is 0.0460. The van der Waals surface area contributed by atoms with Gasteiger partial charge in [0.15, 0.2) is 0 Å². The van der Waals surface area contributed by atoms with Crippen molar-refractivity contribution in [2.24, 2.45) is 16.7 Å². The first-order chi connectivity index (χ1) is 43.9. The third-order valence-corrected chi connectivity index (χ3v) is 19.9. The molecular weight excluding hydrogens is 1240 g/mol. The second kappa shape index (κ2) is 37.1. The number of hydrogen-bond acceptors (Lipinski definition) is 10. The zero-order valence-electron chi connectivity index (χ0n) is 54.2. The van der Waals surface area contributed by atoms with Crippen LogP contribution in [0.5, 0.6) is 23.0 Å². The lowest BCUT2D eigenvalue weighted by molar-refractivity contribution is -0.136. The molecule has 495 valence electrons. The van der Waals surface area contributed by atoms with Crippen LogP contribution >= 0.6 is 0 Å². The van der Waals surface area contributed by atoms with Gasteiger partial charge in [-0.2, -0.15) is 26.3 Å². The molecule has 0 heterocycles. The van der Waals surface area contributed by atoms with Crippen LogP contribution in [0.2, 0.25) is 0 Å². The fourth-order valence-corrected chi connectivity index (χ4v) is 13.2. The second-order valence-electron chi connectivity index (χ2n) is 24.8. The predicted octanol–water partition coefficient (Wildman–Crippen LogP) is 19.8. The average molecular weight is 1320 g/mol. The summed E-state index contributed by atoms with van der Waals surface area (Å²) in [5.74, 6) is 1.08. The molecule has 0 saturated carbocycles. The maximum Gasteiger partial charge on any atom is 0.409 e. The van der Waals surface area contributed by atoms with Crippen molar-refractivity contribution >= 4 is 42.2 Å². The number of halogens is 6. The molecule has 92 heavy (non-hydrogen) atoms. The van der Waals surface area contributed by atoms with E-state index in [1.165, 1.54) is 0 Å². The van der Waals surface area contributed by atoms with Crippen LogP contribution in [0.3, 0.4) is 0 Å². The molecular formula is C73H89F6O10Si3. The monoisotopic (exact) mass is 1320 g/mol. The molecule has 0 bridgehead atoms. The van der Waals surface area contributed by atoms with E-state index in [-0.39, 0.29) is 44.6 Å². The van der Waals surface area contributed by atoms with Crippen LogP contribution in [0.1, 0.15) is 189 Å². The van der Waals surface area contributed by atoms with E-state index in [9.17, 15) is 35.9 Å². The molecule has 6 rings (SSSR count). The fourth-order valence-electron chi connectivity index (χ4n) is 10.9. The molecule has 7 radical (unpaired) electrons. The Balaban J connectivity index is 1.09. The number of para-hydroxylation sites is 2. The summed E-state index contributed by atoms with van der Waals surface area (Å²) in [5, 5.41) is -0.947. The second-order valence-corrected chi connectivity index (χ2v) is 27.7. The lowest BCUT2D eigenvalue weighted by atomic mass is 9.57. The topological polar surface area (TPSA) is 108 Å². The molecule has 19 heteroatoms. The summed E-state index contributed by atoms with van der Waals surface area (Å²) in [6.45, 7) is 17.3. The molecule has 6 aromatic rings. The zero-order valence-corrected chi connectivity index (χ0v) is 57.2. The summed E-state index contributed by atoms with van der Waals surface area (Å²) in [6, 6.07) is 44.6. The first-order valence-electron chi connectivity index (χ1n) is 32.1. The van der Waals surface area contributed by atoms with Gasteiger partial charge in [0.2, 0.25) is 10.5 Å². The predicted molar refractivity (Wildman–Crippen MR) is 352 cm³/mol. The number of benzene rings is 6. The molecule has 0 N–H and O–H groups in total. The molecule has 0 aliphatic carbocycles. The van der Waals surface area contributed by atoms with Crippen molar-refractivity contribution in [2.75, 3.05) is 13.2 Å². The van der Waals surface area contributed by atoms with E-state index in [0.29, 0.717) is 67.6 Å². The Kier molecular flexibility index (Phi) is 30.3. The van der Waals surface area contributed by atoms with E-state index < -0.39 is 53.2 Å². The summed E-state index contributed by atoms with van der Waals surface area (Å²) in [7, 11) is 2.68. The highest BCUT2D eigenvalue weighted by Crippen LogP contribution is 2.54. The minimum atomic E-state index is -4.10. The highest BCUT2D eigenvalue weighted by atomic mass is 28.3.